The van der Waals surface area contributed by atoms with Crippen LogP contribution in [0.2, 0.25) is 0 Å². The molecule has 0 aliphatic rings. The standard InChI is InChI=1S/C29H33F2N3O4S/c1-4-5-18-32-29(36)22(3)33(19-23-8-6-7-9-27(23)31)28(35)20-34(25-14-10-21(2)11-15-25)39(37,38)26-16-12-24(30)13-17-26/h6-17,22H,4-5,18-20H2,1-3H3,(H,32,36)/t22-/m0/s1. The van der Waals surface area contributed by atoms with E-state index in [0.717, 1.165) is 47.0 Å². The molecule has 0 saturated carbocycles. The molecule has 0 heterocycles. The number of hydrogen-bond donors (Lipinski definition) is 1. The summed E-state index contributed by atoms with van der Waals surface area (Å²) in [5, 5.41) is 2.78. The van der Waals surface area contributed by atoms with Crippen LogP contribution in [0.4, 0.5) is 14.5 Å². The van der Waals surface area contributed by atoms with Crippen molar-refractivity contribution in [3.05, 3.63) is 95.6 Å². The fraction of sp³-hybridized carbons (Fsp3) is 0.310. The van der Waals surface area contributed by atoms with Crippen molar-refractivity contribution in [3.8, 4) is 0 Å². The van der Waals surface area contributed by atoms with Gasteiger partial charge in [-0.3, -0.25) is 13.9 Å². The van der Waals surface area contributed by atoms with Crippen molar-refractivity contribution in [2.45, 2.75) is 51.1 Å². The van der Waals surface area contributed by atoms with E-state index in [2.05, 4.69) is 5.32 Å². The van der Waals surface area contributed by atoms with Gasteiger partial charge in [0.2, 0.25) is 11.8 Å². The molecule has 3 aromatic carbocycles. The number of aryl methyl sites for hydroxylation is 1. The zero-order valence-electron chi connectivity index (χ0n) is 22.2. The van der Waals surface area contributed by atoms with Gasteiger partial charge in [0.1, 0.15) is 24.2 Å². The highest BCUT2D eigenvalue weighted by Gasteiger charge is 2.32. The molecular weight excluding hydrogens is 524 g/mol. The summed E-state index contributed by atoms with van der Waals surface area (Å²) >= 11 is 0. The summed E-state index contributed by atoms with van der Waals surface area (Å²) in [5.74, 6) is -2.30. The van der Waals surface area contributed by atoms with Gasteiger partial charge in [0.15, 0.2) is 0 Å². The zero-order valence-corrected chi connectivity index (χ0v) is 23.0. The first kappa shape index (κ1) is 29.8. The summed E-state index contributed by atoms with van der Waals surface area (Å²) < 4.78 is 56.4. The van der Waals surface area contributed by atoms with Crippen molar-refractivity contribution in [1.82, 2.24) is 10.2 Å². The van der Waals surface area contributed by atoms with Crippen molar-refractivity contribution in [2.75, 3.05) is 17.4 Å². The molecule has 2 amide bonds. The molecule has 1 atom stereocenters. The van der Waals surface area contributed by atoms with Crippen LogP contribution in [0.1, 0.15) is 37.8 Å². The van der Waals surface area contributed by atoms with E-state index in [1.165, 1.54) is 30.0 Å². The van der Waals surface area contributed by atoms with Crippen LogP contribution >= 0.6 is 0 Å². The number of amides is 2. The second-order valence-corrected chi connectivity index (χ2v) is 11.1. The van der Waals surface area contributed by atoms with Crippen LogP contribution in [-0.4, -0.2) is 44.3 Å². The third-order valence-corrected chi connectivity index (χ3v) is 8.09. The number of unbranched alkanes of at least 4 members (excludes halogenated alkanes) is 1. The molecule has 0 aliphatic carbocycles. The van der Waals surface area contributed by atoms with Gasteiger partial charge in [0, 0.05) is 18.7 Å². The van der Waals surface area contributed by atoms with Crippen molar-refractivity contribution in [3.63, 3.8) is 0 Å². The van der Waals surface area contributed by atoms with Gasteiger partial charge in [0.25, 0.3) is 10.0 Å². The Labute approximate surface area is 228 Å². The fourth-order valence-electron chi connectivity index (χ4n) is 3.90. The second kappa shape index (κ2) is 13.3. The molecule has 0 spiro atoms. The maximum absolute atomic E-state index is 14.6. The van der Waals surface area contributed by atoms with Crippen molar-refractivity contribution in [1.29, 1.82) is 0 Å². The van der Waals surface area contributed by atoms with Gasteiger partial charge in [-0.25, -0.2) is 17.2 Å². The van der Waals surface area contributed by atoms with Gasteiger partial charge in [0.05, 0.1) is 10.6 Å². The molecule has 0 bridgehead atoms. The number of rotatable bonds is 12. The maximum atomic E-state index is 14.6. The third kappa shape index (κ3) is 7.63. The predicted octanol–water partition coefficient (Wildman–Crippen LogP) is 4.80. The predicted molar refractivity (Wildman–Crippen MR) is 146 cm³/mol. The Morgan fingerprint density at radius 2 is 1.59 bits per heavy atom. The molecule has 3 rings (SSSR count). The van der Waals surface area contributed by atoms with E-state index < -0.39 is 46.1 Å². The van der Waals surface area contributed by atoms with E-state index in [-0.39, 0.29) is 22.7 Å². The number of hydrogen-bond acceptors (Lipinski definition) is 4. The Balaban J connectivity index is 2.00. The van der Waals surface area contributed by atoms with Gasteiger partial charge >= 0.3 is 0 Å². The summed E-state index contributed by atoms with van der Waals surface area (Å²) in [6.07, 6.45) is 1.61. The lowest BCUT2D eigenvalue weighted by atomic mass is 10.1. The molecule has 0 aromatic heterocycles. The van der Waals surface area contributed by atoms with Crippen LogP contribution in [0.15, 0.2) is 77.7 Å². The smallest absolute Gasteiger partial charge is 0.264 e. The van der Waals surface area contributed by atoms with Crippen molar-refractivity contribution in [2.24, 2.45) is 0 Å². The quantitative estimate of drug-likeness (QED) is 0.324. The van der Waals surface area contributed by atoms with Crippen LogP contribution in [0.3, 0.4) is 0 Å². The first-order valence-corrected chi connectivity index (χ1v) is 14.1. The van der Waals surface area contributed by atoms with E-state index in [0.29, 0.717) is 6.54 Å². The Morgan fingerprint density at radius 3 is 2.21 bits per heavy atom. The number of halogens is 2. The van der Waals surface area contributed by atoms with E-state index in [9.17, 15) is 26.8 Å². The van der Waals surface area contributed by atoms with E-state index >= 15 is 0 Å². The lowest BCUT2D eigenvalue weighted by Crippen LogP contribution is -2.51. The highest BCUT2D eigenvalue weighted by molar-refractivity contribution is 7.92. The number of benzene rings is 3. The summed E-state index contributed by atoms with van der Waals surface area (Å²) in [7, 11) is -4.31. The van der Waals surface area contributed by atoms with Crippen LogP contribution in [-0.2, 0) is 26.2 Å². The monoisotopic (exact) mass is 557 g/mol. The molecule has 3 aromatic rings. The molecular formula is C29H33F2N3O4S. The lowest BCUT2D eigenvalue weighted by molar-refractivity contribution is -0.139. The molecule has 0 unspecified atom stereocenters. The molecule has 10 heteroatoms. The van der Waals surface area contributed by atoms with Crippen LogP contribution in [0.5, 0.6) is 0 Å². The first-order chi connectivity index (χ1) is 18.5. The molecule has 208 valence electrons. The maximum Gasteiger partial charge on any atom is 0.264 e. The molecule has 0 fully saturated rings. The summed E-state index contributed by atoms with van der Waals surface area (Å²) in [6, 6.07) is 15.7. The molecule has 39 heavy (non-hydrogen) atoms. The second-order valence-electron chi connectivity index (χ2n) is 9.23. The lowest BCUT2D eigenvalue weighted by Gasteiger charge is -2.32. The summed E-state index contributed by atoms with van der Waals surface area (Å²) in [4.78, 5) is 27.7. The van der Waals surface area contributed by atoms with E-state index in [1.807, 2.05) is 13.8 Å². The molecule has 1 N–H and O–H groups in total. The van der Waals surface area contributed by atoms with Gasteiger partial charge < -0.3 is 10.2 Å². The number of carbonyl (C=O) groups excluding carboxylic acids is 2. The zero-order chi connectivity index (χ0) is 28.6. The number of nitrogens with one attached hydrogen (secondary N) is 1. The first-order valence-electron chi connectivity index (χ1n) is 12.7. The number of nitrogens with zero attached hydrogens (tertiary/aromatic N) is 2. The average Bonchev–Trinajstić information content (AvgIpc) is 2.91. The molecule has 0 saturated heterocycles. The Morgan fingerprint density at radius 1 is 0.949 bits per heavy atom. The summed E-state index contributed by atoms with van der Waals surface area (Å²) in [6.45, 7) is 4.84. The Kier molecular flexibility index (Phi) is 10.2. The normalized spacial score (nSPS) is 12.0. The Hall–Kier alpha value is -3.79. The molecule has 7 nitrogen and oxygen atoms in total. The number of carbonyl (C=O) groups is 2. The third-order valence-electron chi connectivity index (χ3n) is 6.30. The van der Waals surface area contributed by atoms with Gasteiger partial charge in [-0.05, 0) is 62.7 Å². The van der Waals surface area contributed by atoms with Gasteiger partial charge in [-0.2, -0.15) is 0 Å². The SMILES string of the molecule is CCCCNC(=O)[C@H](C)N(Cc1ccccc1F)C(=O)CN(c1ccc(C)cc1)S(=O)(=O)c1ccc(F)cc1. The minimum atomic E-state index is -4.31. The minimum Gasteiger partial charge on any atom is -0.354 e. The topological polar surface area (TPSA) is 86.8 Å². The average molecular weight is 558 g/mol. The van der Waals surface area contributed by atoms with Crippen molar-refractivity contribution < 1.29 is 26.8 Å². The largest absolute Gasteiger partial charge is 0.354 e. The fourth-order valence-corrected chi connectivity index (χ4v) is 5.32. The number of anilines is 1. The summed E-state index contributed by atoms with van der Waals surface area (Å²) in [5.41, 5.74) is 1.27. The van der Waals surface area contributed by atoms with Crippen LogP contribution in [0.25, 0.3) is 0 Å². The van der Waals surface area contributed by atoms with Crippen molar-refractivity contribution >= 4 is 27.5 Å². The van der Waals surface area contributed by atoms with Gasteiger partial charge in [-0.15, -0.1) is 0 Å². The van der Waals surface area contributed by atoms with Crippen LogP contribution < -0.4 is 9.62 Å². The molecule has 0 radical (unpaired) electrons. The molecule has 0 aliphatic heterocycles. The number of sulfonamides is 1. The highest BCUT2D eigenvalue weighted by atomic mass is 32.2. The minimum absolute atomic E-state index is 0.183. The van der Waals surface area contributed by atoms with Crippen LogP contribution in [0, 0.1) is 18.6 Å². The van der Waals surface area contributed by atoms with E-state index in [4.69, 9.17) is 0 Å². The van der Waals surface area contributed by atoms with Gasteiger partial charge in [-0.1, -0.05) is 49.2 Å². The Bertz CT molecular complexity index is 1380. The highest BCUT2D eigenvalue weighted by Crippen LogP contribution is 2.25. The van der Waals surface area contributed by atoms with E-state index in [1.54, 1.807) is 30.3 Å².